The van der Waals surface area contributed by atoms with Crippen LogP contribution in [0.5, 0.6) is 5.75 Å². The minimum Gasteiger partial charge on any atom is -0.493 e. The Kier molecular flexibility index (Phi) is 2.13. The molecule has 2 aliphatic heterocycles. The standard InChI is InChI=1S/C12H14FNO/c13-9-3-4-10-11(6-9)15-7-8-2-1-5-14-12(8)10/h3-4,6,8,12,14H,1-2,5,7H2. The van der Waals surface area contributed by atoms with E-state index in [2.05, 4.69) is 5.32 Å². The largest absolute Gasteiger partial charge is 0.493 e. The zero-order chi connectivity index (χ0) is 10.3. The van der Waals surface area contributed by atoms with Crippen LogP contribution in [-0.4, -0.2) is 13.2 Å². The number of nitrogens with one attached hydrogen (secondary N) is 1. The number of benzene rings is 1. The highest BCUT2D eigenvalue weighted by atomic mass is 19.1. The van der Waals surface area contributed by atoms with E-state index in [1.165, 1.54) is 25.0 Å². The van der Waals surface area contributed by atoms with Crippen LogP contribution in [0, 0.1) is 11.7 Å². The molecule has 3 heteroatoms. The van der Waals surface area contributed by atoms with Gasteiger partial charge in [0.25, 0.3) is 0 Å². The molecule has 1 aromatic carbocycles. The quantitative estimate of drug-likeness (QED) is 0.704. The van der Waals surface area contributed by atoms with E-state index in [1.807, 2.05) is 6.07 Å². The summed E-state index contributed by atoms with van der Waals surface area (Å²) in [6, 6.07) is 5.21. The maximum absolute atomic E-state index is 13.0. The highest BCUT2D eigenvalue weighted by molar-refractivity contribution is 5.38. The maximum Gasteiger partial charge on any atom is 0.127 e. The van der Waals surface area contributed by atoms with Crippen molar-refractivity contribution in [1.29, 1.82) is 0 Å². The van der Waals surface area contributed by atoms with Crippen molar-refractivity contribution >= 4 is 0 Å². The zero-order valence-electron chi connectivity index (χ0n) is 8.50. The molecule has 1 fully saturated rings. The van der Waals surface area contributed by atoms with Crippen LogP contribution in [0.25, 0.3) is 0 Å². The predicted molar refractivity (Wildman–Crippen MR) is 55.4 cm³/mol. The third-order valence-corrected chi connectivity index (χ3v) is 3.35. The van der Waals surface area contributed by atoms with Gasteiger partial charge in [0.05, 0.1) is 6.61 Å². The van der Waals surface area contributed by atoms with Gasteiger partial charge in [-0.05, 0) is 25.5 Å². The third-order valence-electron chi connectivity index (χ3n) is 3.35. The van der Waals surface area contributed by atoms with Crippen molar-refractivity contribution in [3.05, 3.63) is 29.6 Å². The van der Waals surface area contributed by atoms with Gasteiger partial charge < -0.3 is 10.1 Å². The van der Waals surface area contributed by atoms with Gasteiger partial charge in [0, 0.05) is 23.6 Å². The molecule has 2 unspecified atom stereocenters. The van der Waals surface area contributed by atoms with Gasteiger partial charge in [0.15, 0.2) is 0 Å². The third kappa shape index (κ3) is 1.51. The van der Waals surface area contributed by atoms with Gasteiger partial charge in [-0.25, -0.2) is 4.39 Å². The molecule has 0 spiro atoms. The summed E-state index contributed by atoms with van der Waals surface area (Å²) in [4.78, 5) is 0. The summed E-state index contributed by atoms with van der Waals surface area (Å²) in [6.07, 6.45) is 2.41. The van der Waals surface area contributed by atoms with Crippen molar-refractivity contribution in [3.8, 4) is 5.75 Å². The molecule has 2 heterocycles. The van der Waals surface area contributed by atoms with Crippen LogP contribution in [0.3, 0.4) is 0 Å². The summed E-state index contributed by atoms with van der Waals surface area (Å²) in [5.74, 6) is 1.05. The fraction of sp³-hybridized carbons (Fsp3) is 0.500. The molecule has 1 N–H and O–H groups in total. The van der Waals surface area contributed by atoms with Crippen molar-refractivity contribution in [2.75, 3.05) is 13.2 Å². The van der Waals surface area contributed by atoms with E-state index in [9.17, 15) is 4.39 Å². The smallest absolute Gasteiger partial charge is 0.127 e. The van der Waals surface area contributed by atoms with Crippen LogP contribution in [0.15, 0.2) is 18.2 Å². The van der Waals surface area contributed by atoms with Crippen LogP contribution in [0.2, 0.25) is 0 Å². The molecule has 2 nitrogen and oxygen atoms in total. The number of ether oxygens (including phenoxy) is 1. The van der Waals surface area contributed by atoms with Crippen molar-refractivity contribution in [1.82, 2.24) is 5.32 Å². The van der Waals surface area contributed by atoms with Gasteiger partial charge in [-0.15, -0.1) is 0 Å². The van der Waals surface area contributed by atoms with E-state index < -0.39 is 0 Å². The predicted octanol–water partition coefficient (Wildman–Crippen LogP) is 2.26. The lowest BCUT2D eigenvalue weighted by Gasteiger charge is -2.37. The first-order valence-electron chi connectivity index (χ1n) is 5.50. The molecule has 0 amide bonds. The maximum atomic E-state index is 13.0. The molecule has 0 radical (unpaired) electrons. The first-order chi connectivity index (χ1) is 7.34. The molecule has 2 aliphatic rings. The van der Waals surface area contributed by atoms with E-state index in [0.29, 0.717) is 24.3 Å². The summed E-state index contributed by atoms with van der Waals surface area (Å²) in [6.45, 7) is 1.77. The molecule has 2 atom stereocenters. The minimum atomic E-state index is -0.219. The lowest BCUT2D eigenvalue weighted by molar-refractivity contribution is 0.146. The first-order valence-corrected chi connectivity index (χ1v) is 5.50. The molecule has 0 aromatic heterocycles. The topological polar surface area (TPSA) is 21.3 Å². The van der Waals surface area contributed by atoms with Crippen LogP contribution in [0.4, 0.5) is 4.39 Å². The SMILES string of the molecule is Fc1ccc2c(c1)OCC1CCCNC21. The van der Waals surface area contributed by atoms with Gasteiger partial charge in [-0.3, -0.25) is 0 Å². The fourth-order valence-corrected chi connectivity index (χ4v) is 2.59. The Balaban J connectivity index is 1.99. The summed E-state index contributed by atoms with van der Waals surface area (Å²) in [7, 11) is 0. The Hall–Kier alpha value is -1.09. The van der Waals surface area contributed by atoms with Gasteiger partial charge >= 0.3 is 0 Å². The summed E-state index contributed by atoms with van der Waals surface area (Å²) < 4.78 is 18.6. The number of halogens is 1. The zero-order valence-corrected chi connectivity index (χ0v) is 8.50. The summed E-state index contributed by atoms with van der Waals surface area (Å²) >= 11 is 0. The number of rotatable bonds is 0. The van der Waals surface area contributed by atoms with Crippen molar-refractivity contribution in [3.63, 3.8) is 0 Å². The lowest BCUT2D eigenvalue weighted by Crippen LogP contribution is -2.39. The summed E-state index contributed by atoms with van der Waals surface area (Å²) in [5, 5.41) is 3.49. The number of fused-ring (bicyclic) bond motifs is 3. The van der Waals surface area contributed by atoms with Gasteiger partial charge in [-0.1, -0.05) is 6.07 Å². The Bertz CT molecular complexity index is 380. The molecule has 0 saturated carbocycles. The number of hydrogen-bond acceptors (Lipinski definition) is 2. The lowest BCUT2D eigenvalue weighted by atomic mass is 9.85. The monoisotopic (exact) mass is 207 g/mol. The Morgan fingerprint density at radius 3 is 3.27 bits per heavy atom. The second-order valence-electron chi connectivity index (χ2n) is 4.33. The molecular weight excluding hydrogens is 193 g/mol. The second kappa shape index (κ2) is 3.49. The Labute approximate surface area is 88.4 Å². The highest BCUT2D eigenvalue weighted by Gasteiger charge is 2.32. The van der Waals surface area contributed by atoms with Crippen molar-refractivity contribution in [2.24, 2.45) is 5.92 Å². The van der Waals surface area contributed by atoms with Crippen molar-refractivity contribution in [2.45, 2.75) is 18.9 Å². The molecule has 15 heavy (non-hydrogen) atoms. The Morgan fingerprint density at radius 2 is 2.33 bits per heavy atom. The van der Waals surface area contributed by atoms with Gasteiger partial charge in [0.2, 0.25) is 0 Å². The van der Waals surface area contributed by atoms with Crippen LogP contribution < -0.4 is 10.1 Å². The average molecular weight is 207 g/mol. The fourth-order valence-electron chi connectivity index (χ4n) is 2.59. The molecule has 1 saturated heterocycles. The average Bonchev–Trinajstić information content (AvgIpc) is 2.28. The normalized spacial score (nSPS) is 28.9. The van der Waals surface area contributed by atoms with Gasteiger partial charge in [0.1, 0.15) is 11.6 Å². The van der Waals surface area contributed by atoms with E-state index in [0.717, 1.165) is 12.1 Å². The minimum absolute atomic E-state index is 0.219. The summed E-state index contributed by atoms with van der Waals surface area (Å²) in [5.41, 5.74) is 1.12. The molecule has 0 bridgehead atoms. The van der Waals surface area contributed by atoms with E-state index >= 15 is 0 Å². The molecule has 3 rings (SSSR count). The van der Waals surface area contributed by atoms with E-state index in [1.54, 1.807) is 0 Å². The van der Waals surface area contributed by atoms with E-state index in [4.69, 9.17) is 4.74 Å². The van der Waals surface area contributed by atoms with Gasteiger partial charge in [-0.2, -0.15) is 0 Å². The van der Waals surface area contributed by atoms with E-state index in [-0.39, 0.29) is 5.82 Å². The molecule has 80 valence electrons. The van der Waals surface area contributed by atoms with Crippen LogP contribution in [-0.2, 0) is 0 Å². The van der Waals surface area contributed by atoms with Crippen LogP contribution >= 0.6 is 0 Å². The van der Waals surface area contributed by atoms with Crippen LogP contribution in [0.1, 0.15) is 24.4 Å². The Morgan fingerprint density at radius 1 is 1.40 bits per heavy atom. The number of piperidine rings is 1. The second-order valence-corrected chi connectivity index (χ2v) is 4.33. The highest BCUT2D eigenvalue weighted by Crippen LogP contribution is 2.39. The molecule has 0 aliphatic carbocycles. The van der Waals surface area contributed by atoms with Crippen molar-refractivity contribution < 1.29 is 9.13 Å². The first kappa shape index (κ1) is 9.16. The number of hydrogen-bond donors (Lipinski definition) is 1. The molecule has 1 aromatic rings. The molecular formula is C12H14FNO.